The first-order valence-corrected chi connectivity index (χ1v) is 4.00. The lowest BCUT2D eigenvalue weighted by atomic mass is 10.2. The summed E-state index contributed by atoms with van der Waals surface area (Å²) in [5.74, 6) is 0. The molecule has 64 valence electrons. The van der Waals surface area contributed by atoms with Crippen LogP contribution in [0.5, 0.6) is 0 Å². The monoisotopic (exact) mass is 194 g/mol. The summed E-state index contributed by atoms with van der Waals surface area (Å²) >= 11 is 1.54. The number of nitrogens with zero attached hydrogens (tertiary/aromatic N) is 1. The maximum atomic E-state index is 8.58. The lowest BCUT2D eigenvalue weighted by Crippen LogP contribution is -2.26. The summed E-state index contributed by atoms with van der Waals surface area (Å²) < 4.78 is 0. The summed E-state index contributed by atoms with van der Waals surface area (Å²) in [6.07, 6.45) is 0.667. The third kappa shape index (κ3) is 3.67. The molecular formula is C6H11ClN2OS. The standard InChI is InChI=1S/C6H10N2OS.ClH/c7-5(2-9)1-6-3-10-4-8-6;/h3-5,9H,1-2,7H2;1H/t5-;/m1./s1. The van der Waals surface area contributed by atoms with E-state index in [9.17, 15) is 0 Å². The van der Waals surface area contributed by atoms with Crippen molar-refractivity contribution in [3.8, 4) is 0 Å². The molecule has 0 unspecified atom stereocenters. The van der Waals surface area contributed by atoms with E-state index in [4.69, 9.17) is 10.8 Å². The highest BCUT2D eigenvalue weighted by Crippen LogP contribution is 2.02. The van der Waals surface area contributed by atoms with Gasteiger partial charge in [0.15, 0.2) is 0 Å². The highest BCUT2D eigenvalue weighted by atomic mass is 35.5. The second-order valence-corrected chi connectivity index (χ2v) is 2.85. The quantitative estimate of drug-likeness (QED) is 0.734. The van der Waals surface area contributed by atoms with E-state index < -0.39 is 0 Å². The normalized spacial score (nSPS) is 12.2. The van der Waals surface area contributed by atoms with Crippen LogP contribution in [0.2, 0.25) is 0 Å². The topological polar surface area (TPSA) is 59.1 Å². The summed E-state index contributed by atoms with van der Waals surface area (Å²) in [5.41, 5.74) is 8.21. The van der Waals surface area contributed by atoms with E-state index in [1.165, 1.54) is 0 Å². The Balaban J connectivity index is 0.000001000. The predicted octanol–water partition coefficient (Wildman–Crippen LogP) is 0.427. The van der Waals surface area contributed by atoms with Crippen LogP contribution < -0.4 is 5.73 Å². The maximum absolute atomic E-state index is 8.58. The van der Waals surface area contributed by atoms with Gasteiger partial charge in [0.05, 0.1) is 17.8 Å². The number of halogens is 1. The van der Waals surface area contributed by atoms with E-state index in [2.05, 4.69) is 4.98 Å². The zero-order valence-corrected chi connectivity index (χ0v) is 7.57. The molecule has 0 amide bonds. The molecule has 1 aromatic rings. The van der Waals surface area contributed by atoms with Crippen LogP contribution in [-0.4, -0.2) is 22.7 Å². The Morgan fingerprint density at radius 1 is 1.73 bits per heavy atom. The fourth-order valence-corrected chi connectivity index (χ4v) is 1.24. The largest absolute Gasteiger partial charge is 0.395 e. The molecule has 0 aliphatic rings. The summed E-state index contributed by atoms with van der Waals surface area (Å²) in [7, 11) is 0. The lowest BCUT2D eigenvalue weighted by Gasteiger charge is -2.03. The van der Waals surface area contributed by atoms with Gasteiger partial charge in [0.1, 0.15) is 0 Å². The van der Waals surface area contributed by atoms with Crippen molar-refractivity contribution in [2.24, 2.45) is 5.73 Å². The molecule has 3 N–H and O–H groups in total. The molecule has 0 saturated carbocycles. The fraction of sp³-hybridized carbons (Fsp3) is 0.500. The Hall–Kier alpha value is -0.160. The molecule has 1 rings (SSSR count). The maximum Gasteiger partial charge on any atom is 0.0794 e. The van der Waals surface area contributed by atoms with Crippen LogP contribution >= 0.6 is 23.7 Å². The van der Waals surface area contributed by atoms with Crippen LogP contribution in [0.3, 0.4) is 0 Å². The van der Waals surface area contributed by atoms with Crippen molar-refractivity contribution in [1.29, 1.82) is 0 Å². The lowest BCUT2D eigenvalue weighted by molar-refractivity contribution is 0.265. The minimum absolute atomic E-state index is 0. The van der Waals surface area contributed by atoms with Crippen molar-refractivity contribution in [2.75, 3.05) is 6.61 Å². The van der Waals surface area contributed by atoms with Gasteiger partial charge in [-0.1, -0.05) is 0 Å². The van der Waals surface area contributed by atoms with Gasteiger partial charge in [-0.05, 0) is 0 Å². The molecule has 0 spiro atoms. The van der Waals surface area contributed by atoms with Crippen LogP contribution in [0.15, 0.2) is 10.9 Å². The molecule has 1 atom stereocenters. The molecule has 11 heavy (non-hydrogen) atoms. The molecule has 5 heteroatoms. The molecule has 0 saturated heterocycles. The molecule has 0 bridgehead atoms. The van der Waals surface area contributed by atoms with Gasteiger partial charge >= 0.3 is 0 Å². The summed E-state index contributed by atoms with van der Waals surface area (Å²) in [5, 5.41) is 10.5. The number of hydrogen-bond donors (Lipinski definition) is 2. The van der Waals surface area contributed by atoms with Crippen molar-refractivity contribution < 1.29 is 5.11 Å². The van der Waals surface area contributed by atoms with E-state index in [0.29, 0.717) is 6.42 Å². The summed E-state index contributed by atoms with van der Waals surface area (Å²) in [4.78, 5) is 4.03. The van der Waals surface area contributed by atoms with Crippen molar-refractivity contribution in [2.45, 2.75) is 12.5 Å². The molecule has 1 heterocycles. The Kier molecular flexibility index (Phi) is 5.41. The molecule has 0 fully saturated rings. The summed E-state index contributed by atoms with van der Waals surface area (Å²) in [6, 6.07) is -0.165. The van der Waals surface area contributed by atoms with Crippen LogP contribution in [0.1, 0.15) is 5.69 Å². The van der Waals surface area contributed by atoms with Gasteiger partial charge in [-0.15, -0.1) is 23.7 Å². The van der Waals surface area contributed by atoms with Gasteiger partial charge in [0.2, 0.25) is 0 Å². The van der Waals surface area contributed by atoms with E-state index in [1.54, 1.807) is 16.8 Å². The van der Waals surface area contributed by atoms with E-state index in [0.717, 1.165) is 5.69 Å². The molecular weight excluding hydrogens is 184 g/mol. The first-order valence-electron chi connectivity index (χ1n) is 3.06. The molecule has 0 aromatic carbocycles. The number of hydrogen-bond acceptors (Lipinski definition) is 4. The second kappa shape index (κ2) is 5.49. The number of aromatic nitrogens is 1. The highest BCUT2D eigenvalue weighted by Gasteiger charge is 2.02. The molecule has 0 radical (unpaired) electrons. The Bertz CT molecular complexity index is 181. The predicted molar refractivity (Wildman–Crippen MR) is 48.1 cm³/mol. The minimum atomic E-state index is -0.165. The zero-order chi connectivity index (χ0) is 7.40. The molecule has 1 aromatic heterocycles. The average molecular weight is 195 g/mol. The molecule has 0 aliphatic carbocycles. The van der Waals surface area contributed by atoms with Gasteiger partial charge in [-0.25, -0.2) is 4.98 Å². The zero-order valence-electron chi connectivity index (χ0n) is 5.93. The van der Waals surface area contributed by atoms with Gasteiger partial charge in [0, 0.05) is 17.8 Å². The van der Waals surface area contributed by atoms with E-state index >= 15 is 0 Å². The fourth-order valence-electron chi connectivity index (χ4n) is 0.672. The number of aliphatic hydroxyl groups is 1. The third-order valence-electron chi connectivity index (χ3n) is 1.19. The van der Waals surface area contributed by atoms with Crippen LogP contribution in [0, 0.1) is 0 Å². The van der Waals surface area contributed by atoms with Crippen LogP contribution in [0.4, 0.5) is 0 Å². The van der Waals surface area contributed by atoms with Gasteiger partial charge in [0.25, 0.3) is 0 Å². The number of rotatable bonds is 3. The SMILES string of the molecule is Cl.N[C@@H](CO)Cc1cscn1. The second-order valence-electron chi connectivity index (χ2n) is 2.13. The Morgan fingerprint density at radius 2 is 2.45 bits per heavy atom. The first kappa shape index (κ1) is 10.8. The number of nitrogens with two attached hydrogens (primary N) is 1. The highest BCUT2D eigenvalue weighted by molar-refractivity contribution is 7.07. The third-order valence-corrected chi connectivity index (χ3v) is 1.82. The first-order chi connectivity index (χ1) is 4.83. The minimum Gasteiger partial charge on any atom is -0.395 e. The van der Waals surface area contributed by atoms with Gasteiger partial charge in [-0.3, -0.25) is 0 Å². The van der Waals surface area contributed by atoms with Crippen LogP contribution in [-0.2, 0) is 6.42 Å². The number of aliphatic hydroxyl groups excluding tert-OH is 1. The van der Waals surface area contributed by atoms with E-state index in [-0.39, 0.29) is 25.1 Å². The number of thiazole rings is 1. The molecule has 3 nitrogen and oxygen atoms in total. The Morgan fingerprint density at radius 3 is 2.91 bits per heavy atom. The van der Waals surface area contributed by atoms with E-state index in [1.807, 2.05) is 5.38 Å². The van der Waals surface area contributed by atoms with Crippen molar-refractivity contribution >= 4 is 23.7 Å². The van der Waals surface area contributed by atoms with Gasteiger partial charge < -0.3 is 10.8 Å². The van der Waals surface area contributed by atoms with Crippen molar-refractivity contribution in [3.63, 3.8) is 0 Å². The van der Waals surface area contributed by atoms with Crippen LogP contribution in [0.25, 0.3) is 0 Å². The van der Waals surface area contributed by atoms with Gasteiger partial charge in [-0.2, -0.15) is 0 Å². The smallest absolute Gasteiger partial charge is 0.0794 e. The summed E-state index contributed by atoms with van der Waals surface area (Å²) in [6.45, 7) is 0.0253. The van der Waals surface area contributed by atoms with Crippen molar-refractivity contribution in [3.05, 3.63) is 16.6 Å². The average Bonchev–Trinajstić information content (AvgIpc) is 2.40. The van der Waals surface area contributed by atoms with Crippen molar-refractivity contribution in [1.82, 2.24) is 4.98 Å². The molecule has 0 aliphatic heterocycles. The Labute approximate surface area is 75.7 Å².